The van der Waals surface area contributed by atoms with E-state index in [0.29, 0.717) is 15.7 Å². The fourth-order valence-electron chi connectivity index (χ4n) is 2.88. The van der Waals surface area contributed by atoms with Crippen LogP contribution in [0, 0.1) is 0 Å². The summed E-state index contributed by atoms with van der Waals surface area (Å²) in [6, 6.07) is 11.9. The SMILES string of the molecule is CCCN(CCCc1ccc(Cl)cc1)CCc1cc(Cl)c(N)c(Cl)c1. The number of rotatable bonds is 9. The highest BCUT2D eigenvalue weighted by Gasteiger charge is 2.08. The van der Waals surface area contributed by atoms with Gasteiger partial charge in [-0.15, -0.1) is 0 Å². The van der Waals surface area contributed by atoms with Gasteiger partial charge in [-0.1, -0.05) is 53.9 Å². The van der Waals surface area contributed by atoms with Crippen molar-refractivity contribution in [3.05, 3.63) is 62.6 Å². The van der Waals surface area contributed by atoms with Gasteiger partial charge >= 0.3 is 0 Å². The largest absolute Gasteiger partial charge is 0.396 e. The summed E-state index contributed by atoms with van der Waals surface area (Å²) < 4.78 is 0. The highest BCUT2D eigenvalue weighted by Crippen LogP contribution is 2.29. The molecule has 2 rings (SSSR count). The molecule has 2 aromatic carbocycles. The number of nitrogen functional groups attached to an aromatic ring is 1. The van der Waals surface area contributed by atoms with Crippen LogP contribution >= 0.6 is 34.8 Å². The Morgan fingerprint density at radius 1 is 0.840 bits per heavy atom. The van der Waals surface area contributed by atoms with Crippen molar-refractivity contribution in [1.29, 1.82) is 0 Å². The van der Waals surface area contributed by atoms with Crippen LogP contribution in [0.3, 0.4) is 0 Å². The van der Waals surface area contributed by atoms with Gasteiger partial charge < -0.3 is 10.6 Å². The van der Waals surface area contributed by atoms with Gasteiger partial charge in [0.05, 0.1) is 15.7 Å². The van der Waals surface area contributed by atoms with E-state index in [0.717, 1.165) is 55.9 Å². The number of nitrogens with two attached hydrogens (primary N) is 1. The Labute approximate surface area is 165 Å². The molecule has 25 heavy (non-hydrogen) atoms. The van der Waals surface area contributed by atoms with Gasteiger partial charge in [-0.2, -0.15) is 0 Å². The topological polar surface area (TPSA) is 29.3 Å². The molecule has 0 aliphatic carbocycles. The van der Waals surface area contributed by atoms with Crippen LogP contribution in [-0.2, 0) is 12.8 Å². The van der Waals surface area contributed by atoms with Crippen LogP contribution in [0.1, 0.15) is 30.9 Å². The molecule has 0 amide bonds. The average Bonchev–Trinajstić information content (AvgIpc) is 2.59. The van der Waals surface area contributed by atoms with E-state index in [-0.39, 0.29) is 0 Å². The highest BCUT2D eigenvalue weighted by atomic mass is 35.5. The third-order valence-electron chi connectivity index (χ3n) is 4.25. The smallest absolute Gasteiger partial charge is 0.0693 e. The summed E-state index contributed by atoms with van der Waals surface area (Å²) in [7, 11) is 0. The molecule has 2 nitrogen and oxygen atoms in total. The van der Waals surface area contributed by atoms with Gasteiger partial charge in [0.1, 0.15) is 0 Å². The Morgan fingerprint density at radius 2 is 1.48 bits per heavy atom. The number of hydrogen-bond donors (Lipinski definition) is 1. The molecule has 0 aliphatic heterocycles. The average molecular weight is 400 g/mol. The van der Waals surface area contributed by atoms with E-state index in [1.807, 2.05) is 24.3 Å². The zero-order valence-corrected chi connectivity index (χ0v) is 16.8. The van der Waals surface area contributed by atoms with E-state index in [1.165, 1.54) is 5.56 Å². The van der Waals surface area contributed by atoms with Gasteiger partial charge in [0.2, 0.25) is 0 Å². The number of hydrogen-bond acceptors (Lipinski definition) is 2. The van der Waals surface area contributed by atoms with Gasteiger partial charge in [-0.05, 0) is 74.2 Å². The molecular formula is C20H25Cl3N2. The van der Waals surface area contributed by atoms with Crippen molar-refractivity contribution in [2.75, 3.05) is 25.4 Å². The Bertz CT molecular complexity index is 648. The van der Waals surface area contributed by atoms with Crippen LogP contribution in [0.15, 0.2) is 36.4 Å². The molecule has 5 heteroatoms. The van der Waals surface area contributed by atoms with Crippen molar-refractivity contribution < 1.29 is 0 Å². The first-order valence-electron chi connectivity index (χ1n) is 8.69. The maximum absolute atomic E-state index is 6.13. The summed E-state index contributed by atoms with van der Waals surface area (Å²) in [5, 5.41) is 1.86. The van der Waals surface area contributed by atoms with E-state index >= 15 is 0 Å². The summed E-state index contributed by atoms with van der Waals surface area (Å²) in [5.74, 6) is 0. The van der Waals surface area contributed by atoms with Gasteiger partial charge in [-0.25, -0.2) is 0 Å². The minimum absolute atomic E-state index is 0.459. The number of nitrogens with zero attached hydrogens (tertiary/aromatic N) is 1. The maximum Gasteiger partial charge on any atom is 0.0693 e. The summed E-state index contributed by atoms with van der Waals surface area (Å²) in [5.41, 5.74) is 8.72. The fourth-order valence-corrected chi connectivity index (χ4v) is 3.54. The van der Waals surface area contributed by atoms with Crippen molar-refractivity contribution in [3.63, 3.8) is 0 Å². The van der Waals surface area contributed by atoms with Crippen molar-refractivity contribution in [1.82, 2.24) is 4.90 Å². The quantitative estimate of drug-likeness (QED) is 0.515. The monoisotopic (exact) mass is 398 g/mol. The second-order valence-corrected chi connectivity index (χ2v) is 7.55. The molecule has 136 valence electrons. The molecular weight excluding hydrogens is 375 g/mol. The van der Waals surface area contributed by atoms with Crippen molar-refractivity contribution in [2.45, 2.75) is 32.6 Å². The first kappa shape index (κ1) is 20.4. The molecule has 2 N–H and O–H groups in total. The van der Waals surface area contributed by atoms with Gasteiger partial charge in [-0.3, -0.25) is 0 Å². The molecule has 0 heterocycles. The number of aryl methyl sites for hydroxylation is 1. The highest BCUT2D eigenvalue weighted by molar-refractivity contribution is 6.38. The lowest BCUT2D eigenvalue weighted by Crippen LogP contribution is -2.28. The molecule has 0 atom stereocenters. The molecule has 0 saturated carbocycles. The Hall–Kier alpha value is -0.930. The summed E-state index contributed by atoms with van der Waals surface area (Å²) in [4.78, 5) is 2.49. The maximum atomic E-state index is 6.13. The van der Waals surface area contributed by atoms with Gasteiger partial charge in [0, 0.05) is 11.6 Å². The summed E-state index contributed by atoms with van der Waals surface area (Å²) >= 11 is 18.2. The van der Waals surface area contributed by atoms with Crippen LogP contribution in [-0.4, -0.2) is 24.5 Å². The molecule has 0 unspecified atom stereocenters. The Balaban J connectivity index is 1.84. The van der Waals surface area contributed by atoms with Gasteiger partial charge in [0.15, 0.2) is 0 Å². The van der Waals surface area contributed by atoms with Crippen molar-refractivity contribution >= 4 is 40.5 Å². The lowest BCUT2D eigenvalue weighted by molar-refractivity contribution is 0.274. The lowest BCUT2D eigenvalue weighted by atomic mass is 10.1. The van der Waals surface area contributed by atoms with E-state index in [1.54, 1.807) is 0 Å². The lowest BCUT2D eigenvalue weighted by Gasteiger charge is -2.22. The van der Waals surface area contributed by atoms with Crippen LogP contribution in [0.25, 0.3) is 0 Å². The number of halogens is 3. The van der Waals surface area contributed by atoms with Crippen LogP contribution in [0.5, 0.6) is 0 Å². The molecule has 0 fully saturated rings. The molecule has 0 aliphatic rings. The van der Waals surface area contributed by atoms with Crippen LogP contribution in [0.2, 0.25) is 15.1 Å². The summed E-state index contributed by atoms with van der Waals surface area (Å²) in [6.45, 7) is 5.37. The minimum Gasteiger partial charge on any atom is -0.396 e. The first-order chi connectivity index (χ1) is 12.0. The standard InChI is InChI=1S/C20H25Cl3N2/c1-2-10-25(11-3-4-15-5-7-17(21)8-6-15)12-9-16-13-18(22)20(24)19(23)14-16/h5-8,13-14H,2-4,9-12,24H2,1H3. The zero-order chi connectivity index (χ0) is 18.2. The van der Waals surface area contributed by atoms with E-state index in [9.17, 15) is 0 Å². The van der Waals surface area contributed by atoms with Crippen molar-refractivity contribution in [3.8, 4) is 0 Å². The molecule has 0 spiro atoms. The number of benzene rings is 2. The van der Waals surface area contributed by atoms with E-state index in [2.05, 4.69) is 24.0 Å². The Kier molecular flexibility index (Phi) is 8.38. The molecule has 0 radical (unpaired) electrons. The zero-order valence-electron chi connectivity index (χ0n) is 14.6. The third-order valence-corrected chi connectivity index (χ3v) is 5.13. The molecule has 0 aromatic heterocycles. The summed E-state index contributed by atoms with van der Waals surface area (Å²) in [6.07, 6.45) is 4.26. The predicted molar refractivity (Wildman–Crippen MR) is 111 cm³/mol. The molecule has 0 bridgehead atoms. The Morgan fingerprint density at radius 3 is 2.08 bits per heavy atom. The minimum atomic E-state index is 0.459. The predicted octanol–water partition coefficient (Wildman–Crippen LogP) is 6.12. The molecule has 0 saturated heterocycles. The number of anilines is 1. The van der Waals surface area contributed by atoms with Crippen LogP contribution < -0.4 is 5.73 Å². The van der Waals surface area contributed by atoms with Crippen molar-refractivity contribution in [2.24, 2.45) is 0 Å². The van der Waals surface area contributed by atoms with Gasteiger partial charge in [0.25, 0.3) is 0 Å². The van der Waals surface area contributed by atoms with E-state index < -0.39 is 0 Å². The molecule has 2 aromatic rings. The van der Waals surface area contributed by atoms with Crippen LogP contribution in [0.4, 0.5) is 5.69 Å². The second-order valence-electron chi connectivity index (χ2n) is 6.29. The normalized spacial score (nSPS) is 11.2. The second kappa shape index (κ2) is 10.3. The fraction of sp³-hybridized carbons (Fsp3) is 0.400. The van der Waals surface area contributed by atoms with E-state index in [4.69, 9.17) is 40.5 Å². The first-order valence-corrected chi connectivity index (χ1v) is 9.83. The third kappa shape index (κ3) is 6.71.